The van der Waals surface area contributed by atoms with E-state index in [0.29, 0.717) is 17.1 Å². The van der Waals surface area contributed by atoms with Crippen LogP contribution in [0.4, 0.5) is 0 Å². The lowest BCUT2D eigenvalue weighted by molar-refractivity contribution is -0.139. The second-order valence-electron chi connectivity index (χ2n) is 5.77. The van der Waals surface area contributed by atoms with Gasteiger partial charge in [-0.3, -0.25) is 4.79 Å². The van der Waals surface area contributed by atoms with Gasteiger partial charge in [-0.05, 0) is 63.3 Å². The molecule has 0 N–H and O–H groups in total. The summed E-state index contributed by atoms with van der Waals surface area (Å²) in [6.45, 7) is 3.28. The molecule has 5 nitrogen and oxygen atoms in total. The molecular weight excluding hydrogens is 308 g/mol. The standard InChI is InChI=1S/C19H24O5/c1-4-23-19(21)16(13(2)20)11-14-9-10-17(22-3)18(12-14)24-15-7-5-6-8-15/h9-12,15H,4-8H2,1-3H3/b16-11-. The van der Waals surface area contributed by atoms with Crippen molar-refractivity contribution in [2.45, 2.75) is 45.6 Å². The third kappa shape index (κ3) is 4.60. The Morgan fingerprint density at radius 2 is 1.92 bits per heavy atom. The van der Waals surface area contributed by atoms with Crippen LogP contribution in [0.1, 0.15) is 45.1 Å². The Labute approximate surface area is 142 Å². The second kappa shape index (κ2) is 8.52. The first-order chi connectivity index (χ1) is 11.5. The van der Waals surface area contributed by atoms with Gasteiger partial charge < -0.3 is 14.2 Å². The Bertz CT molecular complexity index is 627. The third-order valence-corrected chi connectivity index (χ3v) is 3.97. The molecule has 0 heterocycles. The normalized spacial score (nSPS) is 15.2. The number of methoxy groups -OCH3 is 1. The van der Waals surface area contributed by atoms with Crippen molar-refractivity contribution >= 4 is 17.8 Å². The van der Waals surface area contributed by atoms with Crippen molar-refractivity contribution in [2.24, 2.45) is 0 Å². The molecule has 1 aromatic carbocycles. The molecule has 1 saturated carbocycles. The van der Waals surface area contributed by atoms with Gasteiger partial charge in [-0.1, -0.05) is 6.07 Å². The number of benzene rings is 1. The molecule has 0 saturated heterocycles. The predicted octanol–water partition coefficient (Wildman–Crippen LogP) is 3.55. The maximum Gasteiger partial charge on any atom is 0.341 e. The average Bonchev–Trinajstić information content (AvgIpc) is 3.05. The Morgan fingerprint density at radius 3 is 2.50 bits per heavy atom. The number of rotatable bonds is 7. The maximum absolute atomic E-state index is 11.9. The zero-order valence-electron chi connectivity index (χ0n) is 14.5. The molecule has 0 bridgehead atoms. The summed E-state index contributed by atoms with van der Waals surface area (Å²) in [7, 11) is 1.59. The van der Waals surface area contributed by atoms with E-state index in [-0.39, 0.29) is 24.1 Å². The zero-order chi connectivity index (χ0) is 17.5. The smallest absolute Gasteiger partial charge is 0.341 e. The van der Waals surface area contributed by atoms with E-state index < -0.39 is 5.97 Å². The fourth-order valence-corrected chi connectivity index (χ4v) is 2.74. The van der Waals surface area contributed by atoms with Crippen LogP contribution in [0.2, 0.25) is 0 Å². The van der Waals surface area contributed by atoms with Crippen LogP contribution in [0.5, 0.6) is 11.5 Å². The fraction of sp³-hybridized carbons (Fsp3) is 0.474. The number of hydrogen-bond acceptors (Lipinski definition) is 5. The summed E-state index contributed by atoms with van der Waals surface area (Å²) in [5.74, 6) is 0.325. The van der Waals surface area contributed by atoms with Gasteiger partial charge in [0.1, 0.15) is 5.57 Å². The van der Waals surface area contributed by atoms with Gasteiger partial charge in [-0.2, -0.15) is 0 Å². The van der Waals surface area contributed by atoms with Crippen LogP contribution in [0.15, 0.2) is 23.8 Å². The highest BCUT2D eigenvalue weighted by atomic mass is 16.5. The lowest BCUT2D eigenvalue weighted by Crippen LogP contribution is -2.13. The molecular formula is C19H24O5. The van der Waals surface area contributed by atoms with Crippen molar-refractivity contribution in [3.63, 3.8) is 0 Å². The zero-order valence-corrected chi connectivity index (χ0v) is 14.5. The Balaban J connectivity index is 2.29. The number of carbonyl (C=O) groups is 2. The molecule has 1 aromatic rings. The molecule has 130 valence electrons. The number of Topliss-reactive ketones (excluding diaryl/α,β-unsaturated/α-hetero) is 1. The number of ether oxygens (including phenoxy) is 3. The van der Waals surface area contributed by atoms with E-state index in [2.05, 4.69) is 0 Å². The van der Waals surface area contributed by atoms with Crippen LogP contribution >= 0.6 is 0 Å². The van der Waals surface area contributed by atoms with Crippen LogP contribution in [-0.4, -0.2) is 31.6 Å². The second-order valence-corrected chi connectivity index (χ2v) is 5.77. The first kappa shape index (κ1) is 18.0. The van der Waals surface area contributed by atoms with Gasteiger partial charge in [-0.15, -0.1) is 0 Å². The topological polar surface area (TPSA) is 61.8 Å². The molecule has 0 atom stereocenters. The Morgan fingerprint density at radius 1 is 1.21 bits per heavy atom. The first-order valence-electron chi connectivity index (χ1n) is 8.29. The number of esters is 1. The van der Waals surface area contributed by atoms with Gasteiger partial charge in [0.2, 0.25) is 0 Å². The maximum atomic E-state index is 11.9. The average molecular weight is 332 g/mol. The van der Waals surface area contributed by atoms with Gasteiger partial charge in [0.25, 0.3) is 0 Å². The van der Waals surface area contributed by atoms with Crippen LogP contribution in [0, 0.1) is 0 Å². The predicted molar refractivity (Wildman–Crippen MR) is 91.2 cm³/mol. The van der Waals surface area contributed by atoms with Gasteiger partial charge in [0.15, 0.2) is 17.3 Å². The highest BCUT2D eigenvalue weighted by molar-refractivity contribution is 6.19. The third-order valence-electron chi connectivity index (χ3n) is 3.97. The summed E-state index contributed by atoms with van der Waals surface area (Å²) < 4.78 is 16.3. The molecule has 0 aliphatic heterocycles. The van der Waals surface area contributed by atoms with Gasteiger partial charge in [-0.25, -0.2) is 4.79 Å². The quantitative estimate of drug-likeness (QED) is 0.331. The monoisotopic (exact) mass is 332 g/mol. The summed E-state index contributed by atoms with van der Waals surface area (Å²) in [5, 5.41) is 0. The van der Waals surface area contributed by atoms with Crippen molar-refractivity contribution in [1.82, 2.24) is 0 Å². The minimum atomic E-state index is -0.612. The highest BCUT2D eigenvalue weighted by Crippen LogP contribution is 2.33. The summed E-state index contributed by atoms with van der Waals surface area (Å²) in [6, 6.07) is 5.35. The van der Waals surface area contributed by atoms with Gasteiger partial charge in [0, 0.05) is 0 Å². The summed E-state index contributed by atoms with van der Waals surface area (Å²) >= 11 is 0. The van der Waals surface area contributed by atoms with E-state index in [1.54, 1.807) is 32.2 Å². The summed E-state index contributed by atoms with van der Waals surface area (Å²) in [4.78, 5) is 23.6. The summed E-state index contributed by atoms with van der Waals surface area (Å²) in [5.41, 5.74) is 0.718. The molecule has 2 rings (SSSR count). The number of carbonyl (C=O) groups excluding carboxylic acids is 2. The SMILES string of the molecule is CCOC(=O)/C(=C\c1ccc(OC)c(OC2CCCC2)c1)C(C)=O. The molecule has 5 heteroatoms. The molecule has 0 radical (unpaired) electrons. The molecule has 1 aliphatic rings. The van der Waals surface area contributed by atoms with Crippen molar-refractivity contribution in [3.05, 3.63) is 29.3 Å². The molecule has 24 heavy (non-hydrogen) atoms. The van der Waals surface area contributed by atoms with Crippen molar-refractivity contribution in [1.29, 1.82) is 0 Å². The van der Waals surface area contributed by atoms with E-state index in [1.165, 1.54) is 25.8 Å². The molecule has 0 spiro atoms. The van der Waals surface area contributed by atoms with Gasteiger partial charge >= 0.3 is 5.97 Å². The van der Waals surface area contributed by atoms with Crippen LogP contribution < -0.4 is 9.47 Å². The number of hydrogen-bond donors (Lipinski definition) is 0. The lowest BCUT2D eigenvalue weighted by atomic mass is 10.1. The van der Waals surface area contributed by atoms with E-state index in [1.807, 2.05) is 0 Å². The number of ketones is 1. The van der Waals surface area contributed by atoms with E-state index in [0.717, 1.165) is 12.8 Å². The molecule has 1 aliphatic carbocycles. The Kier molecular flexibility index (Phi) is 6.41. The van der Waals surface area contributed by atoms with Crippen molar-refractivity contribution in [2.75, 3.05) is 13.7 Å². The van der Waals surface area contributed by atoms with E-state index in [9.17, 15) is 9.59 Å². The fourth-order valence-electron chi connectivity index (χ4n) is 2.74. The first-order valence-corrected chi connectivity index (χ1v) is 8.29. The van der Waals surface area contributed by atoms with Crippen molar-refractivity contribution in [3.8, 4) is 11.5 Å². The lowest BCUT2D eigenvalue weighted by Gasteiger charge is -2.16. The Hall–Kier alpha value is -2.30. The molecule has 0 amide bonds. The van der Waals surface area contributed by atoms with E-state index >= 15 is 0 Å². The van der Waals surface area contributed by atoms with Crippen LogP contribution in [0.3, 0.4) is 0 Å². The minimum absolute atomic E-state index is 0.0221. The van der Waals surface area contributed by atoms with Crippen molar-refractivity contribution < 1.29 is 23.8 Å². The highest BCUT2D eigenvalue weighted by Gasteiger charge is 2.19. The van der Waals surface area contributed by atoms with Crippen LogP contribution in [-0.2, 0) is 14.3 Å². The summed E-state index contributed by atoms with van der Waals surface area (Å²) in [6.07, 6.45) is 6.13. The minimum Gasteiger partial charge on any atom is -0.493 e. The molecule has 0 aromatic heterocycles. The largest absolute Gasteiger partial charge is 0.493 e. The van der Waals surface area contributed by atoms with E-state index in [4.69, 9.17) is 14.2 Å². The van der Waals surface area contributed by atoms with Crippen LogP contribution in [0.25, 0.3) is 6.08 Å². The molecule has 1 fully saturated rings. The van der Waals surface area contributed by atoms with Gasteiger partial charge in [0.05, 0.1) is 19.8 Å². The molecule has 0 unspecified atom stereocenters.